The summed E-state index contributed by atoms with van der Waals surface area (Å²) >= 11 is 0. The van der Waals surface area contributed by atoms with E-state index in [1.54, 1.807) is 12.4 Å². The van der Waals surface area contributed by atoms with E-state index < -0.39 is 0 Å². The summed E-state index contributed by atoms with van der Waals surface area (Å²) < 4.78 is 6.40. The van der Waals surface area contributed by atoms with Gasteiger partial charge >= 0.3 is 0 Å². The lowest BCUT2D eigenvalue weighted by Gasteiger charge is -2.44. The van der Waals surface area contributed by atoms with Gasteiger partial charge in [-0.25, -0.2) is 9.97 Å². The molecule has 1 aliphatic carbocycles. The first-order chi connectivity index (χ1) is 11.8. The van der Waals surface area contributed by atoms with Crippen molar-refractivity contribution in [3.05, 3.63) is 54.1 Å². The van der Waals surface area contributed by atoms with E-state index in [1.807, 2.05) is 24.3 Å². The van der Waals surface area contributed by atoms with E-state index in [0.29, 0.717) is 5.56 Å². The van der Waals surface area contributed by atoms with Gasteiger partial charge in [0.05, 0.1) is 11.6 Å². The van der Waals surface area contributed by atoms with Crippen molar-refractivity contribution in [3.63, 3.8) is 0 Å². The second-order valence-electron chi connectivity index (χ2n) is 6.74. The van der Waals surface area contributed by atoms with Crippen LogP contribution in [0.1, 0.15) is 60.5 Å². The van der Waals surface area contributed by atoms with Crippen LogP contribution in [0.2, 0.25) is 0 Å². The minimum atomic E-state index is -0.141. The Morgan fingerprint density at radius 1 is 1.12 bits per heavy atom. The highest BCUT2D eigenvalue weighted by atomic mass is 16.5. The third-order valence-electron chi connectivity index (χ3n) is 5.09. The van der Waals surface area contributed by atoms with Gasteiger partial charge < -0.3 is 10.1 Å². The molecule has 1 aliphatic heterocycles. The third kappa shape index (κ3) is 2.86. The SMILES string of the molecule is O=C(N[C@H]1CC2(CCCCC2)Oc2ccccc21)c1cncnc1. The van der Waals surface area contributed by atoms with E-state index in [-0.39, 0.29) is 17.6 Å². The minimum Gasteiger partial charge on any atom is -0.487 e. The zero-order chi connectivity index (χ0) is 16.4. The molecule has 2 aromatic rings. The van der Waals surface area contributed by atoms with Crippen molar-refractivity contribution in [2.75, 3.05) is 0 Å². The van der Waals surface area contributed by atoms with Crippen LogP contribution in [0.5, 0.6) is 5.75 Å². The Balaban J connectivity index is 1.62. The molecule has 0 radical (unpaired) electrons. The van der Waals surface area contributed by atoms with Crippen molar-refractivity contribution in [3.8, 4) is 5.75 Å². The molecule has 5 nitrogen and oxygen atoms in total. The van der Waals surface area contributed by atoms with E-state index in [0.717, 1.165) is 30.6 Å². The van der Waals surface area contributed by atoms with Crippen LogP contribution in [0.3, 0.4) is 0 Å². The molecule has 5 heteroatoms. The number of hydrogen-bond donors (Lipinski definition) is 1. The van der Waals surface area contributed by atoms with Crippen LogP contribution in [0.25, 0.3) is 0 Å². The van der Waals surface area contributed by atoms with E-state index in [1.165, 1.54) is 25.6 Å². The maximum Gasteiger partial charge on any atom is 0.254 e. The topological polar surface area (TPSA) is 64.1 Å². The third-order valence-corrected chi connectivity index (χ3v) is 5.09. The predicted octanol–water partition coefficient (Wildman–Crippen LogP) is 3.43. The molecule has 1 fully saturated rings. The summed E-state index contributed by atoms with van der Waals surface area (Å²) in [5, 5.41) is 3.16. The summed E-state index contributed by atoms with van der Waals surface area (Å²) in [4.78, 5) is 20.4. The van der Waals surface area contributed by atoms with Crippen molar-refractivity contribution in [2.24, 2.45) is 0 Å². The fourth-order valence-electron chi connectivity index (χ4n) is 3.91. The van der Waals surface area contributed by atoms with Crippen LogP contribution in [-0.4, -0.2) is 21.5 Å². The highest BCUT2D eigenvalue weighted by Crippen LogP contribution is 2.46. The first-order valence-corrected chi connectivity index (χ1v) is 8.60. The summed E-state index contributed by atoms with van der Waals surface area (Å²) in [5.74, 6) is 0.767. The summed E-state index contributed by atoms with van der Waals surface area (Å²) in [6, 6.07) is 7.99. The number of aromatic nitrogens is 2. The largest absolute Gasteiger partial charge is 0.487 e. The van der Waals surface area contributed by atoms with Gasteiger partial charge in [0.1, 0.15) is 17.7 Å². The number of nitrogens with one attached hydrogen (secondary N) is 1. The molecule has 1 N–H and O–H groups in total. The molecule has 1 aromatic carbocycles. The van der Waals surface area contributed by atoms with E-state index >= 15 is 0 Å². The number of hydrogen-bond acceptors (Lipinski definition) is 4. The first-order valence-electron chi connectivity index (χ1n) is 8.60. The van der Waals surface area contributed by atoms with Crippen LogP contribution in [0.4, 0.5) is 0 Å². The molecule has 0 bridgehead atoms. The van der Waals surface area contributed by atoms with Gasteiger partial charge in [-0.3, -0.25) is 4.79 Å². The number of carbonyl (C=O) groups excluding carboxylic acids is 1. The Morgan fingerprint density at radius 2 is 1.88 bits per heavy atom. The zero-order valence-corrected chi connectivity index (χ0v) is 13.6. The Hall–Kier alpha value is -2.43. The van der Waals surface area contributed by atoms with E-state index in [2.05, 4.69) is 15.3 Å². The molecule has 1 aromatic heterocycles. The number of carbonyl (C=O) groups is 1. The average molecular weight is 323 g/mol. The number of ether oxygens (including phenoxy) is 1. The van der Waals surface area contributed by atoms with Gasteiger partial charge in [0.15, 0.2) is 0 Å². The lowest BCUT2D eigenvalue weighted by atomic mass is 9.77. The molecule has 1 saturated carbocycles. The molecular weight excluding hydrogens is 302 g/mol. The Labute approximate surface area is 141 Å². The van der Waals surface area contributed by atoms with Gasteiger partial charge in [-0.05, 0) is 31.7 Å². The molecule has 1 amide bonds. The number of nitrogens with zero attached hydrogens (tertiary/aromatic N) is 2. The van der Waals surface area contributed by atoms with Gasteiger partial charge in [0, 0.05) is 24.4 Å². The normalized spacial score (nSPS) is 21.6. The summed E-state index contributed by atoms with van der Waals surface area (Å²) in [5.41, 5.74) is 1.40. The highest BCUT2D eigenvalue weighted by molar-refractivity contribution is 5.93. The van der Waals surface area contributed by atoms with E-state index in [4.69, 9.17) is 4.74 Å². The molecule has 24 heavy (non-hydrogen) atoms. The van der Waals surface area contributed by atoms with Crippen LogP contribution in [-0.2, 0) is 0 Å². The van der Waals surface area contributed by atoms with Gasteiger partial charge in [-0.2, -0.15) is 0 Å². The van der Waals surface area contributed by atoms with Crippen molar-refractivity contribution < 1.29 is 9.53 Å². The van der Waals surface area contributed by atoms with Crippen LogP contribution in [0.15, 0.2) is 43.0 Å². The molecular formula is C19H21N3O2. The van der Waals surface area contributed by atoms with Crippen molar-refractivity contribution in [1.29, 1.82) is 0 Å². The standard InChI is InChI=1S/C19H21N3O2/c23-18(14-11-20-13-21-12-14)22-16-10-19(8-4-1-5-9-19)24-17-7-3-2-6-15(16)17/h2-3,6-7,11-13,16H,1,4-5,8-10H2,(H,22,23)/t16-/m0/s1. The van der Waals surface area contributed by atoms with Crippen molar-refractivity contribution in [1.82, 2.24) is 15.3 Å². The molecule has 2 aliphatic rings. The second-order valence-corrected chi connectivity index (χ2v) is 6.74. The molecule has 0 unspecified atom stereocenters. The lowest BCUT2D eigenvalue weighted by Crippen LogP contribution is -2.46. The lowest BCUT2D eigenvalue weighted by molar-refractivity contribution is -0.00210. The second kappa shape index (κ2) is 6.23. The first kappa shape index (κ1) is 15.1. The Morgan fingerprint density at radius 3 is 2.67 bits per heavy atom. The van der Waals surface area contributed by atoms with E-state index in [9.17, 15) is 4.79 Å². The predicted molar refractivity (Wildman–Crippen MR) is 89.7 cm³/mol. The number of amides is 1. The van der Waals surface area contributed by atoms with Gasteiger partial charge in [-0.1, -0.05) is 24.6 Å². The smallest absolute Gasteiger partial charge is 0.254 e. The van der Waals surface area contributed by atoms with Crippen LogP contribution in [0, 0.1) is 0 Å². The monoisotopic (exact) mass is 323 g/mol. The highest BCUT2D eigenvalue weighted by Gasteiger charge is 2.42. The number of para-hydroxylation sites is 1. The number of rotatable bonds is 2. The Bertz CT molecular complexity index is 726. The average Bonchev–Trinajstić information content (AvgIpc) is 2.63. The van der Waals surface area contributed by atoms with Gasteiger partial charge in [-0.15, -0.1) is 0 Å². The number of benzene rings is 1. The summed E-state index contributed by atoms with van der Waals surface area (Å²) in [6.45, 7) is 0. The Kier molecular flexibility index (Phi) is 3.92. The molecule has 124 valence electrons. The molecule has 2 heterocycles. The fraction of sp³-hybridized carbons (Fsp3) is 0.421. The van der Waals surface area contributed by atoms with Gasteiger partial charge in [0.25, 0.3) is 5.91 Å². The maximum atomic E-state index is 12.6. The van der Waals surface area contributed by atoms with Crippen LogP contribution >= 0.6 is 0 Å². The minimum absolute atomic E-state index is 0.0410. The maximum absolute atomic E-state index is 12.6. The van der Waals surface area contributed by atoms with Gasteiger partial charge in [0.2, 0.25) is 0 Å². The number of fused-ring (bicyclic) bond motifs is 1. The molecule has 1 spiro atoms. The molecule has 1 atom stereocenters. The molecule has 0 saturated heterocycles. The van der Waals surface area contributed by atoms with Crippen molar-refractivity contribution in [2.45, 2.75) is 50.2 Å². The fourth-order valence-corrected chi connectivity index (χ4v) is 3.91. The quantitative estimate of drug-likeness (QED) is 0.919. The zero-order valence-electron chi connectivity index (χ0n) is 13.6. The molecule has 4 rings (SSSR count). The van der Waals surface area contributed by atoms with Crippen LogP contribution < -0.4 is 10.1 Å². The summed E-state index contributed by atoms with van der Waals surface area (Å²) in [6.07, 6.45) is 11.1. The summed E-state index contributed by atoms with van der Waals surface area (Å²) in [7, 11) is 0. The van der Waals surface area contributed by atoms with Crippen molar-refractivity contribution >= 4 is 5.91 Å².